The van der Waals surface area contributed by atoms with Crippen LogP contribution < -0.4 is 5.32 Å². The Labute approximate surface area is 168 Å². The van der Waals surface area contributed by atoms with Gasteiger partial charge in [-0.3, -0.25) is 19.6 Å². The van der Waals surface area contributed by atoms with Gasteiger partial charge in [0.05, 0.1) is 17.9 Å². The molecule has 0 saturated heterocycles. The highest BCUT2D eigenvalue weighted by atomic mass is 32.1. The van der Waals surface area contributed by atoms with Crippen molar-refractivity contribution in [3.8, 4) is 22.0 Å². The first-order valence-electron chi connectivity index (χ1n) is 9.15. The monoisotopic (exact) mass is 409 g/mol. The predicted molar refractivity (Wildman–Crippen MR) is 106 cm³/mol. The maximum Gasteiger partial charge on any atom is 0.275 e. The van der Waals surface area contributed by atoms with Crippen LogP contribution in [-0.2, 0) is 0 Å². The topological polar surface area (TPSA) is 101 Å². The molecule has 29 heavy (non-hydrogen) atoms. The second-order valence-electron chi connectivity index (χ2n) is 6.77. The molecule has 4 aromatic rings. The van der Waals surface area contributed by atoms with E-state index in [2.05, 4.69) is 30.6 Å². The van der Waals surface area contributed by atoms with Crippen LogP contribution in [0.2, 0.25) is 0 Å². The van der Waals surface area contributed by atoms with E-state index < -0.39 is 5.82 Å². The molecule has 0 aromatic carbocycles. The lowest BCUT2D eigenvalue weighted by molar-refractivity contribution is 0.102. The fraction of sp³-hybridized carbons (Fsp3) is 0.211. The predicted octanol–water partition coefficient (Wildman–Crippen LogP) is 3.91. The molecule has 1 aliphatic carbocycles. The van der Waals surface area contributed by atoms with Crippen LogP contribution in [0.4, 0.5) is 10.1 Å². The molecule has 0 bridgehead atoms. The zero-order chi connectivity index (χ0) is 19.8. The van der Waals surface area contributed by atoms with Crippen LogP contribution in [-0.4, -0.2) is 35.9 Å². The molecule has 4 aromatic heterocycles. The van der Waals surface area contributed by atoms with Gasteiger partial charge in [0.25, 0.3) is 5.91 Å². The number of thiazole rings is 1. The van der Waals surface area contributed by atoms with Crippen LogP contribution in [0.15, 0.2) is 42.3 Å². The lowest BCUT2D eigenvalue weighted by atomic mass is 9.93. The number of amides is 1. The van der Waals surface area contributed by atoms with Gasteiger partial charge in [-0.25, -0.2) is 9.37 Å². The van der Waals surface area contributed by atoms with Crippen molar-refractivity contribution in [3.63, 3.8) is 0 Å². The van der Waals surface area contributed by atoms with Gasteiger partial charge in [-0.2, -0.15) is 10.2 Å². The van der Waals surface area contributed by atoms with Crippen LogP contribution in [0, 0.1) is 5.82 Å². The summed E-state index contributed by atoms with van der Waals surface area (Å²) in [5.41, 5.74) is 1.92. The van der Waals surface area contributed by atoms with E-state index in [1.54, 1.807) is 28.7 Å². The molecule has 0 unspecified atom stereocenters. The second kappa shape index (κ2) is 7.21. The molecule has 0 aliphatic heterocycles. The molecule has 1 saturated carbocycles. The average Bonchev–Trinajstić information content (AvgIpc) is 3.41. The van der Waals surface area contributed by atoms with E-state index in [0.717, 1.165) is 24.8 Å². The molecule has 1 aliphatic rings. The van der Waals surface area contributed by atoms with Crippen molar-refractivity contribution in [1.82, 2.24) is 29.9 Å². The highest BCUT2D eigenvalue weighted by Crippen LogP contribution is 2.35. The molecule has 1 fully saturated rings. The maximum absolute atomic E-state index is 14.3. The Kier molecular flexibility index (Phi) is 4.39. The number of pyridine rings is 1. The first kappa shape index (κ1) is 17.7. The van der Waals surface area contributed by atoms with Gasteiger partial charge in [0.1, 0.15) is 22.1 Å². The molecule has 0 spiro atoms. The van der Waals surface area contributed by atoms with E-state index in [0.29, 0.717) is 16.4 Å². The molecule has 146 valence electrons. The fourth-order valence-electron chi connectivity index (χ4n) is 3.12. The Hall–Kier alpha value is -3.40. The molecule has 4 heterocycles. The van der Waals surface area contributed by atoms with Crippen molar-refractivity contribution < 1.29 is 9.18 Å². The minimum atomic E-state index is -0.488. The largest absolute Gasteiger partial charge is 0.317 e. The summed E-state index contributed by atoms with van der Waals surface area (Å²) in [6.45, 7) is 0. The van der Waals surface area contributed by atoms with E-state index in [9.17, 15) is 9.18 Å². The summed E-state index contributed by atoms with van der Waals surface area (Å²) in [6.07, 6.45) is 9.77. The molecular weight excluding hydrogens is 393 g/mol. The first-order valence-corrected chi connectivity index (χ1v) is 10.0. The van der Waals surface area contributed by atoms with Crippen LogP contribution in [0.3, 0.4) is 0 Å². The highest BCUT2D eigenvalue weighted by Gasteiger charge is 2.25. The van der Waals surface area contributed by atoms with Crippen LogP contribution in [0.5, 0.6) is 0 Å². The molecule has 0 radical (unpaired) electrons. The van der Waals surface area contributed by atoms with Gasteiger partial charge in [-0.1, -0.05) is 0 Å². The summed E-state index contributed by atoms with van der Waals surface area (Å²) in [5.74, 6) is -0.875. The zero-order valence-corrected chi connectivity index (χ0v) is 16.0. The number of nitrogens with one attached hydrogen (secondary N) is 2. The van der Waals surface area contributed by atoms with Crippen molar-refractivity contribution in [2.24, 2.45) is 0 Å². The molecule has 0 atom stereocenters. The summed E-state index contributed by atoms with van der Waals surface area (Å²) >= 11 is 1.35. The van der Waals surface area contributed by atoms with E-state index in [4.69, 9.17) is 0 Å². The van der Waals surface area contributed by atoms with Crippen LogP contribution >= 0.6 is 11.3 Å². The normalized spacial score (nSPS) is 14.0. The number of carbonyl (C=O) groups is 1. The van der Waals surface area contributed by atoms with E-state index in [1.807, 2.05) is 0 Å². The Balaban J connectivity index is 1.46. The molecule has 10 heteroatoms. The lowest BCUT2D eigenvalue weighted by Crippen LogP contribution is -2.17. The molecule has 5 rings (SSSR count). The quantitative estimate of drug-likeness (QED) is 0.520. The third-order valence-electron chi connectivity index (χ3n) is 4.89. The van der Waals surface area contributed by atoms with E-state index >= 15 is 0 Å². The number of hydrogen-bond donors (Lipinski definition) is 2. The number of halogens is 1. The number of aromatic amines is 1. The number of rotatable bonds is 5. The van der Waals surface area contributed by atoms with Crippen molar-refractivity contribution in [2.75, 3.05) is 5.32 Å². The summed E-state index contributed by atoms with van der Waals surface area (Å²) < 4.78 is 16.1. The van der Waals surface area contributed by atoms with Crippen molar-refractivity contribution >= 4 is 22.9 Å². The standard InChI is InChI=1S/C19H16FN7OS/c20-13-5-2-6-21-16(13)17-14(9-27(26-17)12-3-1-4-12)24-18(28)15-10-29-19(25-15)11-7-22-23-8-11/h2,5-10,12H,1,3-4H2,(H,22,23)(H,24,28). The number of anilines is 1. The number of carbonyl (C=O) groups excluding carboxylic acids is 1. The molecule has 2 N–H and O–H groups in total. The van der Waals surface area contributed by atoms with Gasteiger partial charge < -0.3 is 5.32 Å². The smallest absolute Gasteiger partial charge is 0.275 e. The summed E-state index contributed by atoms with van der Waals surface area (Å²) in [6, 6.07) is 3.11. The van der Waals surface area contributed by atoms with Gasteiger partial charge in [-0.05, 0) is 31.4 Å². The van der Waals surface area contributed by atoms with Gasteiger partial charge in [0.2, 0.25) is 0 Å². The highest BCUT2D eigenvalue weighted by molar-refractivity contribution is 7.13. The van der Waals surface area contributed by atoms with Gasteiger partial charge >= 0.3 is 0 Å². The minimum absolute atomic E-state index is 0.109. The zero-order valence-electron chi connectivity index (χ0n) is 15.2. The number of aromatic nitrogens is 6. The minimum Gasteiger partial charge on any atom is -0.317 e. The third kappa shape index (κ3) is 3.31. The molecular formula is C19H16FN7OS. The lowest BCUT2D eigenvalue weighted by Gasteiger charge is -2.25. The van der Waals surface area contributed by atoms with Crippen molar-refractivity contribution in [3.05, 3.63) is 53.8 Å². The van der Waals surface area contributed by atoms with E-state index in [1.165, 1.54) is 29.7 Å². The Bertz CT molecular complexity index is 1160. The van der Waals surface area contributed by atoms with Crippen LogP contribution in [0.25, 0.3) is 22.0 Å². The summed E-state index contributed by atoms with van der Waals surface area (Å²) in [5, 5.41) is 16.3. The average molecular weight is 409 g/mol. The Morgan fingerprint density at radius 1 is 1.34 bits per heavy atom. The molecule has 1 amide bonds. The Morgan fingerprint density at radius 2 is 2.24 bits per heavy atom. The molecule has 8 nitrogen and oxygen atoms in total. The van der Waals surface area contributed by atoms with Crippen LogP contribution in [0.1, 0.15) is 35.8 Å². The van der Waals surface area contributed by atoms with E-state index in [-0.39, 0.29) is 23.3 Å². The van der Waals surface area contributed by atoms with Gasteiger partial charge in [-0.15, -0.1) is 11.3 Å². The summed E-state index contributed by atoms with van der Waals surface area (Å²) in [7, 11) is 0. The first-order chi connectivity index (χ1) is 14.2. The number of nitrogens with zero attached hydrogens (tertiary/aromatic N) is 5. The Morgan fingerprint density at radius 3 is 2.97 bits per heavy atom. The van der Waals surface area contributed by atoms with Gasteiger partial charge in [0, 0.05) is 29.5 Å². The number of H-pyrrole nitrogens is 1. The SMILES string of the molecule is O=C(Nc1cn(C2CCC2)nc1-c1ncccc1F)c1csc(-c2cn[nH]c2)n1. The summed E-state index contributed by atoms with van der Waals surface area (Å²) in [4.78, 5) is 21.3. The third-order valence-corrected chi connectivity index (χ3v) is 5.79. The fourth-order valence-corrected chi connectivity index (χ4v) is 3.90. The van der Waals surface area contributed by atoms with Gasteiger partial charge in [0.15, 0.2) is 5.82 Å². The maximum atomic E-state index is 14.3. The van der Waals surface area contributed by atoms with Crippen molar-refractivity contribution in [1.29, 1.82) is 0 Å². The van der Waals surface area contributed by atoms with Crippen molar-refractivity contribution in [2.45, 2.75) is 25.3 Å². The number of hydrogen-bond acceptors (Lipinski definition) is 6. The second-order valence-corrected chi connectivity index (χ2v) is 7.63.